The smallest absolute Gasteiger partial charge is 0.354 e. The van der Waals surface area contributed by atoms with Gasteiger partial charge in [0.1, 0.15) is 0 Å². The molecule has 82 valence electrons. The first-order chi connectivity index (χ1) is 7.59. The zero-order chi connectivity index (χ0) is 11.7. The van der Waals surface area contributed by atoms with Gasteiger partial charge in [0.05, 0.1) is 5.69 Å². The molecule has 0 spiro atoms. The Labute approximate surface area is 90.9 Å². The van der Waals surface area contributed by atoms with Gasteiger partial charge in [0.25, 0.3) is 5.56 Å². The topological polar surface area (TPSA) is 75.1 Å². The van der Waals surface area contributed by atoms with Crippen molar-refractivity contribution in [3.8, 4) is 5.69 Å². The number of hydrogen-bond acceptors (Lipinski definition) is 2. The first-order valence-corrected chi connectivity index (χ1v) is 4.71. The minimum atomic E-state index is -1.14. The van der Waals surface area contributed by atoms with E-state index >= 15 is 0 Å². The molecule has 0 fully saturated rings. The summed E-state index contributed by atoms with van der Waals surface area (Å²) in [6.07, 6.45) is 0. The van der Waals surface area contributed by atoms with Crippen LogP contribution in [0.15, 0.2) is 35.1 Å². The van der Waals surface area contributed by atoms with Crippen molar-refractivity contribution in [1.82, 2.24) is 9.78 Å². The largest absolute Gasteiger partial charge is 0.477 e. The normalized spacial score (nSPS) is 10.3. The van der Waals surface area contributed by atoms with Gasteiger partial charge in [-0.3, -0.25) is 9.89 Å². The summed E-state index contributed by atoms with van der Waals surface area (Å²) >= 11 is 0. The van der Waals surface area contributed by atoms with Crippen LogP contribution in [0, 0.1) is 6.92 Å². The third-order valence-electron chi connectivity index (χ3n) is 2.31. The van der Waals surface area contributed by atoms with E-state index < -0.39 is 11.5 Å². The maximum atomic E-state index is 11.2. The van der Waals surface area contributed by atoms with Crippen LogP contribution in [0.1, 0.15) is 16.1 Å². The van der Waals surface area contributed by atoms with Crippen molar-refractivity contribution in [1.29, 1.82) is 0 Å². The number of H-pyrrole nitrogens is 1. The second-order valence-electron chi connectivity index (χ2n) is 3.43. The van der Waals surface area contributed by atoms with Crippen molar-refractivity contribution in [2.24, 2.45) is 0 Å². The van der Waals surface area contributed by atoms with Crippen molar-refractivity contribution in [2.45, 2.75) is 6.92 Å². The molecule has 0 bridgehead atoms. The predicted molar refractivity (Wildman–Crippen MR) is 58.1 cm³/mol. The third kappa shape index (κ3) is 1.63. The summed E-state index contributed by atoms with van der Waals surface area (Å²) in [6, 6.07) is 8.29. The van der Waals surface area contributed by atoms with Crippen LogP contribution >= 0.6 is 0 Å². The highest BCUT2D eigenvalue weighted by molar-refractivity contribution is 5.86. The SMILES string of the molecule is Cc1ccccc1-n1[nH]c(=O)cc1C(=O)O. The summed E-state index contributed by atoms with van der Waals surface area (Å²) < 4.78 is 1.28. The molecule has 16 heavy (non-hydrogen) atoms. The summed E-state index contributed by atoms with van der Waals surface area (Å²) in [6.45, 7) is 1.85. The number of carboxylic acids is 1. The summed E-state index contributed by atoms with van der Waals surface area (Å²) in [4.78, 5) is 22.1. The second-order valence-corrected chi connectivity index (χ2v) is 3.43. The lowest BCUT2D eigenvalue weighted by Crippen LogP contribution is -2.10. The summed E-state index contributed by atoms with van der Waals surface area (Å²) in [5, 5.41) is 11.4. The van der Waals surface area contributed by atoms with Crippen LogP contribution in [0.25, 0.3) is 5.69 Å². The highest BCUT2D eigenvalue weighted by Gasteiger charge is 2.13. The van der Waals surface area contributed by atoms with E-state index in [0.29, 0.717) is 5.69 Å². The van der Waals surface area contributed by atoms with Crippen LogP contribution < -0.4 is 5.56 Å². The van der Waals surface area contributed by atoms with Crippen molar-refractivity contribution in [2.75, 3.05) is 0 Å². The number of aromatic carboxylic acids is 1. The minimum absolute atomic E-state index is 0.0701. The zero-order valence-electron chi connectivity index (χ0n) is 8.60. The molecule has 2 rings (SSSR count). The average Bonchev–Trinajstić information content (AvgIpc) is 2.61. The Morgan fingerprint density at radius 3 is 2.69 bits per heavy atom. The van der Waals surface area contributed by atoms with Gasteiger partial charge in [-0.15, -0.1) is 0 Å². The van der Waals surface area contributed by atoms with Gasteiger partial charge < -0.3 is 5.11 Å². The Balaban J connectivity index is 2.69. The molecule has 0 aliphatic carbocycles. The van der Waals surface area contributed by atoms with Gasteiger partial charge in [-0.1, -0.05) is 18.2 Å². The Morgan fingerprint density at radius 2 is 2.06 bits per heavy atom. The highest BCUT2D eigenvalue weighted by Crippen LogP contribution is 2.13. The van der Waals surface area contributed by atoms with Crippen LogP contribution in [0.5, 0.6) is 0 Å². The fourth-order valence-corrected chi connectivity index (χ4v) is 1.55. The van der Waals surface area contributed by atoms with E-state index in [1.54, 1.807) is 12.1 Å². The number of aromatic nitrogens is 2. The second kappa shape index (κ2) is 3.69. The molecule has 0 aliphatic heterocycles. The summed E-state index contributed by atoms with van der Waals surface area (Å²) in [7, 11) is 0. The fourth-order valence-electron chi connectivity index (χ4n) is 1.55. The number of carbonyl (C=O) groups is 1. The van der Waals surface area contributed by atoms with Gasteiger partial charge in [-0.05, 0) is 18.6 Å². The van der Waals surface area contributed by atoms with Crippen molar-refractivity contribution in [3.63, 3.8) is 0 Å². The predicted octanol–water partition coefficient (Wildman–Crippen LogP) is 1.17. The number of nitrogens with zero attached hydrogens (tertiary/aromatic N) is 1. The Kier molecular flexibility index (Phi) is 2.36. The molecule has 0 atom stereocenters. The van der Waals surface area contributed by atoms with E-state index in [4.69, 9.17) is 5.11 Å². The molecule has 2 aromatic rings. The highest BCUT2D eigenvalue weighted by atomic mass is 16.4. The van der Waals surface area contributed by atoms with Gasteiger partial charge in [-0.25, -0.2) is 9.48 Å². The Bertz CT molecular complexity index is 595. The first kappa shape index (κ1) is 10.2. The van der Waals surface area contributed by atoms with Gasteiger partial charge in [-0.2, -0.15) is 0 Å². The number of para-hydroxylation sites is 1. The molecule has 1 aromatic carbocycles. The quantitative estimate of drug-likeness (QED) is 0.794. The van der Waals surface area contributed by atoms with Crippen molar-refractivity contribution < 1.29 is 9.90 Å². The number of aryl methyl sites for hydroxylation is 1. The molecule has 1 heterocycles. The monoisotopic (exact) mass is 218 g/mol. The molecule has 0 aliphatic rings. The zero-order valence-corrected chi connectivity index (χ0v) is 8.60. The summed E-state index contributed by atoms with van der Waals surface area (Å²) in [5.74, 6) is -1.14. The molecule has 0 radical (unpaired) electrons. The van der Waals surface area contributed by atoms with Crippen molar-refractivity contribution in [3.05, 3.63) is 51.9 Å². The molecule has 5 heteroatoms. The lowest BCUT2D eigenvalue weighted by Gasteiger charge is -2.08. The van der Waals surface area contributed by atoms with E-state index in [-0.39, 0.29) is 5.69 Å². The number of aromatic amines is 1. The fraction of sp³-hybridized carbons (Fsp3) is 0.0909. The van der Waals surface area contributed by atoms with E-state index in [1.807, 2.05) is 19.1 Å². The van der Waals surface area contributed by atoms with E-state index in [2.05, 4.69) is 5.10 Å². The standard InChI is InChI=1S/C11H10N2O3/c1-7-4-2-3-5-8(7)13-9(11(15)16)6-10(14)12-13/h2-6H,1H3,(H,12,14)(H,15,16). The molecular formula is C11H10N2O3. The van der Waals surface area contributed by atoms with Gasteiger partial charge in [0.15, 0.2) is 5.69 Å². The number of rotatable bonds is 2. The van der Waals surface area contributed by atoms with Gasteiger partial charge in [0, 0.05) is 6.07 Å². The Morgan fingerprint density at radius 1 is 1.38 bits per heavy atom. The molecule has 0 unspecified atom stereocenters. The van der Waals surface area contributed by atoms with Crippen LogP contribution in [0.2, 0.25) is 0 Å². The van der Waals surface area contributed by atoms with Crippen LogP contribution in [0.4, 0.5) is 0 Å². The van der Waals surface area contributed by atoms with E-state index in [0.717, 1.165) is 11.6 Å². The molecule has 5 nitrogen and oxygen atoms in total. The molecule has 1 aromatic heterocycles. The maximum Gasteiger partial charge on any atom is 0.354 e. The molecule has 0 saturated heterocycles. The van der Waals surface area contributed by atoms with Crippen LogP contribution in [0.3, 0.4) is 0 Å². The molecule has 0 amide bonds. The van der Waals surface area contributed by atoms with E-state index in [9.17, 15) is 9.59 Å². The first-order valence-electron chi connectivity index (χ1n) is 4.71. The van der Waals surface area contributed by atoms with Crippen LogP contribution in [-0.2, 0) is 0 Å². The van der Waals surface area contributed by atoms with Crippen molar-refractivity contribution >= 4 is 5.97 Å². The molecule has 2 N–H and O–H groups in total. The summed E-state index contributed by atoms with van der Waals surface area (Å²) in [5.41, 5.74) is 1.04. The maximum absolute atomic E-state index is 11.2. The Hall–Kier alpha value is -2.30. The number of hydrogen-bond donors (Lipinski definition) is 2. The van der Waals surface area contributed by atoms with Crippen LogP contribution in [-0.4, -0.2) is 20.9 Å². The van der Waals surface area contributed by atoms with Gasteiger partial charge in [0.2, 0.25) is 0 Å². The minimum Gasteiger partial charge on any atom is -0.477 e. The number of benzene rings is 1. The average molecular weight is 218 g/mol. The third-order valence-corrected chi connectivity index (χ3v) is 2.31. The van der Waals surface area contributed by atoms with E-state index in [1.165, 1.54) is 4.68 Å². The van der Waals surface area contributed by atoms with Gasteiger partial charge >= 0.3 is 5.97 Å². The number of carboxylic acid groups (broad SMARTS) is 1. The number of nitrogens with one attached hydrogen (secondary N) is 1. The molecule has 0 saturated carbocycles. The lowest BCUT2D eigenvalue weighted by molar-refractivity contribution is 0.0687. The molecular weight excluding hydrogens is 208 g/mol. The lowest BCUT2D eigenvalue weighted by atomic mass is 10.2.